The molecule has 0 bridgehead atoms. The van der Waals surface area contributed by atoms with E-state index in [4.69, 9.17) is 0 Å². The van der Waals surface area contributed by atoms with E-state index in [2.05, 4.69) is 124 Å². The third-order valence-corrected chi connectivity index (χ3v) is 15.5. The second-order valence-corrected chi connectivity index (χ2v) is 18.6. The van der Waals surface area contributed by atoms with Gasteiger partial charge in [0.2, 0.25) is 0 Å². The molecule has 4 nitrogen and oxygen atoms in total. The van der Waals surface area contributed by atoms with Crippen molar-refractivity contribution in [2.45, 2.75) is 6.18 Å². The zero-order valence-corrected chi connectivity index (χ0v) is 36.1. The van der Waals surface area contributed by atoms with Crippen LogP contribution in [0.15, 0.2) is 176 Å². The van der Waals surface area contributed by atoms with Gasteiger partial charge in [0.05, 0.1) is 62.3 Å². The average Bonchev–Trinajstić information content (AvgIpc) is 4.10. The number of benzene rings is 9. The number of para-hydroxylation sites is 2. The molecule has 0 unspecified atom stereocenters. The van der Waals surface area contributed by atoms with E-state index in [1.54, 1.807) is 22.7 Å². The maximum Gasteiger partial charge on any atom is 0.416 e. The van der Waals surface area contributed by atoms with Gasteiger partial charge in [-0.05, 0) is 83.9 Å². The summed E-state index contributed by atoms with van der Waals surface area (Å²) in [5.74, 6) is 0. The number of alkyl halides is 3. The van der Waals surface area contributed by atoms with Crippen LogP contribution in [0.4, 0.5) is 13.2 Å². The van der Waals surface area contributed by atoms with E-state index in [0.717, 1.165) is 67.1 Å². The first-order valence-corrected chi connectivity index (χ1v) is 22.9. The van der Waals surface area contributed by atoms with Gasteiger partial charge in [-0.2, -0.15) is 23.7 Å². The molecule has 0 saturated carbocycles. The molecule has 0 spiro atoms. The van der Waals surface area contributed by atoms with E-state index in [1.165, 1.54) is 46.4 Å². The summed E-state index contributed by atoms with van der Waals surface area (Å²) in [7, 11) is 0. The summed E-state index contributed by atoms with van der Waals surface area (Å²) in [4.78, 5) is 0. The molecule has 4 heterocycles. The Hall–Kier alpha value is -8.21. The zero-order chi connectivity index (χ0) is 44.4. The fourth-order valence-corrected chi connectivity index (χ4v) is 12.8. The van der Waals surface area contributed by atoms with Crippen LogP contribution in [0.2, 0.25) is 0 Å². The van der Waals surface area contributed by atoms with E-state index in [1.807, 2.05) is 54.6 Å². The van der Waals surface area contributed by atoms with Crippen LogP contribution in [0, 0.1) is 22.7 Å². The summed E-state index contributed by atoms with van der Waals surface area (Å²) < 4.78 is 51.3. The second kappa shape index (κ2) is 14.1. The van der Waals surface area contributed by atoms with Gasteiger partial charge in [0.25, 0.3) is 0 Å². The summed E-state index contributed by atoms with van der Waals surface area (Å²) in [5.41, 5.74) is 7.04. The van der Waals surface area contributed by atoms with E-state index >= 15 is 0 Å². The molecule has 0 saturated heterocycles. The number of halogens is 3. The molecule has 0 aliphatic rings. The van der Waals surface area contributed by atoms with Crippen LogP contribution in [0.3, 0.4) is 0 Å². The van der Waals surface area contributed by atoms with Crippen LogP contribution in [0.5, 0.6) is 0 Å². The Morgan fingerprint density at radius 3 is 1.55 bits per heavy atom. The third-order valence-electron chi connectivity index (χ3n) is 13.0. The minimum atomic E-state index is -4.63. The number of aromatic nitrogens is 2. The molecule has 13 aromatic rings. The summed E-state index contributed by atoms with van der Waals surface area (Å²) in [6, 6.07) is 61.7. The average molecular weight is 891 g/mol. The highest BCUT2D eigenvalue weighted by molar-refractivity contribution is 7.27. The lowest BCUT2D eigenvalue weighted by Gasteiger charge is -2.21. The number of nitrogens with zero attached hydrogens (tertiary/aromatic N) is 4. The van der Waals surface area contributed by atoms with E-state index in [9.17, 15) is 23.7 Å². The highest BCUT2D eigenvalue weighted by Gasteiger charge is 2.32. The molecule has 0 atom stereocenters. The molecular weight excluding hydrogens is 862 g/mol. The standard InChI is InChI=1S/C57H29F3N4S2/c58-57(59,60)35-21-22-36(34(28-35)31-62)32-20-25-46(63-44-15-5-1-13-41(44)53-48(63)26-23-39-37-11-3-7-18-50(37)65-55(39)53)43(29-32)52-33(30-61)10-9-17-47(52)64-45-16-6-2-14-42(45)54-49(64)27-24-40-38-12-4-8-19-51(38)66-56(40)54/h1-29H. The van der Waals surface area contributed by atoms with Crippen molar-refractivity contribution in [1.82, 2.24) is 9.13 Å². The molecule has 0 aliphatic carbocycles. The van der Waals surface area contributed by atoms with Gasteiger partial charge in [0.1, 0.15) is 0 Å². The van der Waals surface area contributed by atoms with Crippen molar-refractivity contribution >= 4 is 107 Å². The smallest absolute Gasteiger partial charge is 0.309 e. The van der Waals surface area contributed by atoms with Gasteiger partial charge in [-0.15, -0.1) is 22.7 Å². The van der Waals surface area contributed by atoms with Gasteiger partial charge >= 0.3 is 6.18 Å². The SMILES string of the molecule is N#Cc1cc(C(F)(F)F)ccc1-c1ccc(-n2c3ccccc3c3c4sc5ccccc5c4ccc32)c(-c2c(C#N)cccc2-n2c3ccccc3c3c4sc5ccccc5c4ccc32)c1. The lowest BCUT2D eigenvalue weighted by molar-refractivity contribution is -0.137. The van der Waals surface area contributed by atoms with Crippen LogP contribution in [-0.4, -0.2) is 9.13 Å². The second-order valence-electron chi connectivity index (χ2n) is 16.5. The predicted molar refractivity (Wildman–Crippen MR) is 266 cm³/mol. The molecular formula is C57H29F3N4S2. The number of rotatable bonds is 4. The quantitative estimate of drug-likeness (QED) is 0.177. The monoisotopic (exact) mass is 890 g/mol. The number of hydrogen-bond acceptors (Lipinski definition) is 4. The van der Waals surface area contributed by atoms with Crippen LogP contribution in [0.25, 0.3) is 118 Å². The molecule has 9 aromatic carbocycles. The lowest BCUT2D eigenvalue weighted by atomic mass is 9.91. The molecule has 13 rings (SSSR count). The molecule has 0 N–H and O–H groups in total. The third kappa shape index (κ3) is 5.42. The van der Waals surface area contributed by atoms with Gasteiger partial charge in [-0.3, -0.25) is 0 Å². The normalized spacial score (nSPS) is 12.1. The van der Waals surface area contributed by atoms with Crippen molar-refractivity contribution < 1.29 is 13.2 Å². The summed E-state index contributed by atoms with van der Waals surface area (Å²) in [5, 5.41) is 30.6. The number of hydrogen-bond donors (Lipinski definition) is 0. The predicted octanol–water partition coefficient (Wildman–Crippen LogP) is 16.7. The fraction of sp³-hybridized carbons (Fsp3) is 0.0175. The molecule has 4 aromatic heterocycles. The minimum Gasteiger partial charge on any atom is -0.309 e. The molecule has 0 fully saturated rings. The van der Waals surface area contributed by atoms with Crippen LogP contribution < -0.4 is 0 Å². The molecule has 66 heavy (non-hydrogen) atoms. The number of nitriles is 2. The number of fused-ring (bicyclic) bond motifs is 14. The Balaban J connectivity index is 1.16. The molecule has 0 amide bonds. The fourth-order valence-electron chi connectivity index (χ4n) is 10.3. The summed E-state index contributed by atoms with van der Waals surface area (Å²) >= 11 is 3.53. The maximum absolute atomic E-state index is 14.0. The minimum absolute atomic E-state index is 0.101. The topological polar surface area (TPSA) is 57.4 Å². The highest BCUT2D eigenvalue weighted by atomic mass is 32.1. The first kappa shape index (κ1) is 38.3. The molecule has 0 aliphatic heterocycles. The van der Waals surface area contributed by atoms with Crippen molar-refractivity contribution in [3.8, 4) is 45.8 Å². The van der Waals surface area contributed by atoms with E-state index in [-0.39, 0.29) is 5.56 Å². The molecule has 9 heteroatoms. The van der Waals surface area contributed by atoms with Crippen LogP contribution in [-0.2, 0) is 6.18 Å². The van der Waals surface area contributed by atoms with Gasteiger partial charge < -0.3 is 9.13 Å². The van der Waals surface area contributed by atoms with E-state index in [0.29, 0.717) is 27.8 Å². The molecule has 310 valence electrons. The van der Waals surface area contributed by atoms with Gasteiger partial charge in [-0.1, -0.05) is 103 Å². The van der Waals surface area contributed by atoms with E-state index < -0.39 is 11.7 Å². The Kier molecular flexibility index (Phi) is 8.20. The van der Waals surface area contributed by atoms with Crippen LogP contribution in [0.1, 0.15) is 16.7 Å². The van der Waals surface area contributed by atoms with Gasteiger partial charge in [0.15, 0.2) is 0 Å². The largest absolute Gasteiger partial charge is 0.416 e. The first-order valence-electron chi connectivity index (χ1n) is 21.3. The first-order chi connectivity index (χ1) is 32.3. The zero-order valence-electron chi connectivity index (χ0n) is 34.5. The van der Waals surface area contributed by atoms with Crippen molar-refractivity contribution in [1.29, 1.82) is 10.5 Å². The summed E-state index contributed by atoms with van der Waals surface area (Å²) in [6.07, 6.45) is -4.63. The Labute approximate surface area is 382 Å². The number of thiophene rings is 2. The maximum atomic E-state index is 14.0. The summed E-state index contributed by atoms with van der Waals surface area (Å²) in [6.45, 7) is 0. The van der Waals surface area contributed by atoms with Crippen LogP contribution >= 0.6 is 22.7 Å². The van der Waals surface area contributed by atoms with Gasteiger partial charge in [0, 0.05) is 73.0 Å². The van der Waals surface area contributed by atoms with Crippen molar-refractivity contribution in [2.24, 2.45) is 0 Å². The Morgan fingerprint density at radius 1 is 0.424 bits per heavy atom. The highest BCUT2D eigenvalue weighted by Crippen LogP contribution is 2.49. The van der Waals surface area contributed by atoms with Crippen molar-refractivity contribution in [3.63, 3.8) is 0 Å². The van der Waals surface area contributed by atoms with Crippen molar-refractivity contribution in [3.05, 3.63) is 193 Å². The molecule has 0 radical (unpaired) electrons. The Bertz CT molecular complexity index is 4320. The van der Waals surface area contributed by atoms with Gasteiger partial charge in [-0.25, -0.2) is 0 Å². The van der Waals surface area contributed by atoms with Crippen molar-refractivity contribution in [2.75, 3.05) is 0 Å². The Morgan fingerprint density at radius 2 is 0.970 bits per heavy atom. The lowest BCUT2D eigenvalue weighted by Crippen LogP contribution is -2.06.